The molecule has 4 aliphatic rings. The van der Waals surface area contributed by atoms with Gasteiger partial charge < -0.3 is 25.7 Å². The molecule has 11 atom stereocenters. The summed E-state index contributed by atoms with van der Waals surface area (Å²) in [5.74, 6) is 0.330. The number of ketones is 1. The number of para-hydroxylation sites is 1. The topological polar surface area (TPSA) is 140 Å². The minimum atomic E-state index is -0.841. The van der Waals surface area contributed by atoms with Gasteiger partial charge in [-0.2, -0.15) is 0 Å². The highest BCUT2D eigenvalue weighted by Crippen LogP contribution is 2.69. The summed E-state index contributed by atoms with van der Waals surface area (Å²) in [6, 6.07) is 13.9. The van der Waals surface area contributed by atoms with E-state index in [1.165, 1.54) is 0 Å². The number of aliphatic hydroxyl groups is 3. The fraction of sp³-hybridized carbons (Fsp3) is 0.622. The Morgan fingerprint density at radius 2 is 1.81 bits per heavy atom. The molecule has 0 spiro atoms. The molecule has 2 aromatic carbocycles. The van der Waals surface area contributed by atoms with Crippen LogP contribution in [0, 0.1) is 53.3 Å². The van der Waals surface area contributed by atoms with Crippen LogP contribution in [0.5, 0.6) is 0 Å². The second kappa shape index (κ2) is 14.8. The molecule has 3 aromatic rings. The second-order valence-corrected chi connectivity index (χ2v) is 18.6. The zero-order valence-corrected chi connectivity index (χ0v) is 33.3. The van der Waals surface area contributed by atoms with E-state index in [1.807, 2.05) is 43.3 Å². The molecule has 8 nitrogen and oxygen atoms in total. The predicted octanol–water partition coefficient (Wildman–Crippen LogP) is 8.78. The van der Waals surface area contributed by atoms with Crippen molar-refractivity contribution in [1.82, 2.24) is 4.98 Å². The Balaban J connectivity index is 1.00. The fourth-order valence-electron chi connectivity index (χ4n) is 12.4. The van der Waals surface area contributed by atoms with Crippen LogP contribution >= 0.6 is 11.6 Å². The second-order valence-electron chi connectivity index (χ2n) is 18.2. The Hall–Kier alpha value is -3.04. The number of carboxylic acids is 1. The highest BCUT2D eigenvalue weighted by Gasteiger charge is 2.66. The summed E-state index contributed by atoms with van der Waals surface area (Å²) in [4.78, 5) is 28.6. The number of anilines is 1. The largest absolute Gasteiger partial charge is 0.481 e. The third kappa shape index (κ3) is 6.88. The average Bonchev–Trinajstić information content (AvgIpc) is 3.48. The molecule has 0 radical (unpaired) electrons. The first-order valence-corrected chi connectivity index (χ1v) is 20.6. The maximum absolute atomic E-state index is 12.6. The van der Waals surface area contributed by atoms with E-state index in [-0.39, 0.29) is 58.5 Å². The van der Waals surface area contributed by atoms with Crippen LogP contribution in [0.15, 0.2) is 42.5 Å². The van der Waals surface area contributed by atoms with Gasteiger partial charge in [0.2, 0.25) is 0 Å². The number of aliphatic carboxylic acids is 1. The number of rotatable bonds is 11. The minimum absolute atomic E-state index is 0.0409. The molecule has 0 amide bonds. The molecule has 5 N–H and O–H groups in total. The summed E-state index contributed by atoms with van der Waals surface area (Å²) in [6.45, 7) is 10.6. The van der Waals surface area contributed by atoms with Gasteiger partial charge in [0.05, 0.1) is 40.3 Å². The molecule has 4 aliphatic carbocycles. The van der Waals surface area contributed by atoms with Gasteiger partial charge in [-0.1, -0.05) is 62.7 Å². The van der Waals surface area contributed by atoms with Gasteiger partial charge >= 0.3 is 5.97 Å². The maximum Gasteiger partial charge on any atom is 0.303 e. The number of hydrogen-bond donors (Lipinski definition) is 5. The molecule has 7 rings (SSSR count). The Morgan fingerprint density at radius 1 is 1.06 bits per heavy atom. The van der Waals surface area contributed by atoms with Crippen molar-refractivity contribution in [3.05, 3.63) is 69.9 Å². The van der Waals surface area contributed by atoms with Gasteiger partial charge in [0.15, 0.2) is 5.78 Å². The summed E-state index contributed by atoms with van der Waals surface area (Å²) in [6.07, 6.45) is 6.58. The number of pyridine rings is 1. The summed E-state index contributed by atoms with van der Waals surface area (Å²) < 4.78 is 0. The maximum atomic E-state index is 12.6. The van der Waals surface area contributed by atoms with Crippen LogP contribution < -0.4 is 5.32 Å². The average molecular weight is 759 g/mol. The summed E-state index contributed by atoms with van der Waals surface area (Å²) in [5, 5.41) is 50.2. The van der Waals surface area contributed by atoms with Crippen molar-refractivity contribution < 1.29 is 30.0 Å². The number of aliphatic hydroxyl groups excluding tert-OH is 2. The Bertz CT molecular complexity index is 1920. The zero-order valence-electron chi connectivity index (χ0n) is 32.6. The fourth-order valence-corrected chi connectivity index (χ4v) is 12.7. The number of nitrogens with zero attached hydrogens (tertiary/aromatic N) is 1. The monoisotopic (exact) mass is 758 g/mol. The predicted molar refractivity (Wildman–Crippen MR) is 213 cm³/mol. The number of benzene rings is 2. The van der Waals surface area contributed by atoms with Gasteiger partial charge in [0, 0.05) is 23.4 Å². The molecule has 9 heteroatoms. The lowest BCUT2D eigenvalue weighted by molar-refractivity contribution is -0.216. The number of fused-ring (bicyclic) bond motifs is 6. The van der Waals surface area contributed by atoms with Crippen LogP contribution in [-0.2, 0) is 17.8 Å². The molecule has 0 saturated heterocycles. The van der Waals surface area contributed by atoms with Gasteiger partial charge in [0.1, 0.15) is 0 Å². The highest BCUT2D eigenvalue weighted by atomic mass is 35.5. The first-order chi connectivity index (χ1) is 25.6. The third-order valence-corrected chi connectivity index (χ3v) is 15.7. The van der Waals surface area contributed by atoms with Crippen molar-refractivity contribution in [3.8, 4) is 0 Å². The third-order valence-electron chi connectivity index (χ3n) is 15.4. The van der Waals surface area contributed by atoms with Gasteiger partial charge in [-0.05, 0) is 148 Å². The summed E-state index contributed by atoms with van der Waals surface area (Å²) >= 11 is 6.85. The number of aryl methyl sites for hydroxylation is 2. The SMILES string of the molecule is CC(=O)c1c(C)nc2ccccc2c1NCc1ccc(CC[C@@]2(O)CC[C@@]3(C)C(C[C@@H](O)C4C3C[C@H](O)[C@@]3(C)C4CC[C@@H]3[C@H](C)CCC(=O)O)C2)cc1Cl. The van der Waals surface area contributed by atoms with E-state index in [1.54, 1.807) is 6.92 Å². The molecule has 4 saturated carbocycles. The van der Waals surface area contributed by atoms with E-state index in [4.69, 9.17) is 11.6 Å². The van der Waals surface area contributed by atoms with Gasteiger partial charge in [-0.3, -0.25) is 14.6 Å². The van der Waals surface area contributed by atoms with Gasteiger partial charge in [-0.25, -0.2) is 0 Å². The van der Waals surface area contributed by atoms with Gasteiger partial charge in [-0.15, -0.1) is 0 Å². The molecular weight excluding hydrogens is 700 g/mol. The Labute approximate surface area is 325 Å². The number of hydrogen-bond acceptors (Lipinski definition) is 7. The van der Waals surface area contributed by atoms with Crippen molar-refractivity contribution in [2.24, 2.45) is 46.3 Å². The highest BCUT2D eigenvalue weighted by molar-refractivity contribution is 6.31. The molecule has 0 bridgehead atoms. The molecule has 292 valence electrons. The lowest BCUT2D eigenvalue weighted by Gasteiger charge is -2.64. The van der Waals surface area contributed by atoms with E-state index in [9.17, 15) is 30.0 Å². The quantitative estimate of drug-likeness (QED) is 0.122. The van der Waals surface area contributed by atoms with Crippen LogP contribution in [0.2, 0.25) is 5.02 Å². The van der Waals surface area contributed by atoms with Crippen molar-refractivity contribution in [3.63, 3.8) is 0 Å². The Morgan fingerprint density at radius 3 is 2.54 bits per heavy atom. The van der Waals surface area contributed by atoms with Crippen LogP contribution in [0.1, 0.15) is 119 Å². The normalized spacial score (nSPS) is 35.2. The molecule has 0 aliphatic heterocycles. The van der Waals surface area contributed by atoms with E-state index in [0.29, 0.717) is 67.8 Å². The zero-order chi connectivity index (χ0) is 38.7. The van der Waals surface area contributed by atoms with E-state index in [2.05, 4.69) is 37.1 Å². The standard InChI is InChI=1S/C45H59ClN2O6/c1-25(10-15-39(52)53)32-13-14-33-41-34(22-38(51)44(32,33)5)43(4)18-19-45(54,23-30(43)21-37(41)50)17-16-28-11-12-29(35(46)20-28)24-47-42-31-8-6-7-9-36(31)48-26(2)40(42)27(3)49/h6-9,11-12,20,25,30,32-34,37-38,41,50-51,54H,10,13-19,21-24H2,1-5H3,(H,47,48)(H,52,53)/t25-,30?,32-,33?,34?,37-,38+,41?,43+,44-,45-/m1/s1. The molecule has 1 aromatic heterocycles. The number of nitrogens with one attached hydrogen (secondary N) is 1. The number of carbonyl (C=O) groups excluding carboxylic acids is 1. The molecule has 54 heavy (non-hydrogen) atoms. The minimum Gasteiger partial charge on any atom is -0.481 e. The van der Waals surface area contributed by atoms with Crippen molar-refractivity contribution in [1.29, 1.82) is 0 Å². The van der Waals surface area contributed by atoms with Crippen molar-refractivity contribution in [2.75, 3.05) is 5.32 Å². The lowest BCUT2D eigenvalue weighted by atomic mass is 9.42. The van der Waals surface area contributed by atoms with Crippen molar-refractivity contribution in [2.45, 2.75) is 130 Å². The van der Waals surface area contributed by atoms with Crippen LogP contribution in [0.4, 0.5) is 5.69 Å². The Kier molecular flexibility index (Phi) is 10.7. The van der Waals surface area contributed by atoms with E-state index >= 15 is 0 Å². The number of Topliss-reactive ketones (excluding diaryl/α,β-unsaturated/α-hetero) is 1. The van der Waals surface area contributed by atoms with Crippen molar-refractivity contribution >= 4 is 39.9 Å². The summed E-state index contributed by atoms with van der Waals surface area (Å²) in [5.41, 5.74) is 3.62. The number of halogens is 1. The number of carbonyl (C=O) groups is 2. The number of carboxylic acid groups (broad SMARTS) is 1. The first kappa shape index (κ1) is 39.2. The van der Waals surface area contributed by atoms with Crippen LogP contribution in [-0.4, -0.2) is 55.0 Å². The van der Waals surface area contributed by atoms with Crippen LogP contribution in [0.3, 0.4) is 0 Å². The molecular formula is C45H59ClN2O6. The lowest BCUT2D eigenvalue weighted by Crippen LogP contribution is -2.63. The number of aromatic nitrogens is 1. The van der Waals surface area contributed by atoms with E-state index in [0.717, 1.165) is 47.0 Å². The molecule has 4 unspecified atom stereocenters. The molecule has 1 heterocycles. The smallest absolute Gasteiger partial charge is 0.303 e. The van der Waals surface area contributed by atoms with E-state index < -0.39 is 23.8 Å². The molecule has 4 fully saturated rings. The summed E-state index contributed by atoms with van der Waals surface area (Å²) in [7, 11) is 0. The van der Waals surface area contributed by atoms with Gasteiger partial charge in [0.25, 0.3) is 0 Å². The first-order valence-electron chi connectivity index (χ1n) is 20.3. The van der Waals surface area contributed by atoms with Crippen LogP contribution in [0.25, 0.3) is 10.9 Å².